The van der Waals surface area contributed by atoms with Gasteiger partial charge >= 0.3 is 11.9 Å². The zero-order valence-corrected chi connectivity index (χ0v) is 11.6. The maximum atomic E-state index is 11.2. The van der Waals surface area contributed by atoms with Crippen molar-refractivity contribution in [1.29, 1.82) is 0 Å². The number of nitrogens with one attached hydrogen (secondary N) is 1. The molecular formula is C12H19NO7. The first-order valence-corrected chi connectivity index (χ1v) is 6.20. The van der Waals surface area contributed by atoms with Gasteiger partial charge in [-0.05, 0) is 0 Å². The van der Waals surface area contributed by atoms with Gasteiger partial charge in [0.05, 0.1) is 6.04 Å². The number of hydrogen-bond acceptors (Lipinski definition) is 7. The predicted octanol–water partition coefficient (Wildman–Crippen LogP) is -0.907. The molecule has 1 rings (SSSR count). The largest absolute Gasteiger partial charge is 0.463 e. The molecule has 0 unspecified atom stereocenters. The van der Waals surface area contributed by atoms with Gasteiger partial charge in [0.15, 0.2) is 12.4 Å². The zero-order valence-electron chi connectivity index (χ0n) is 11.6. The van der Waals surface area contributed by atoms with Crippen molar-refractivity contribution in [2.45, 2.75) is 51.7 Å². The van der Waals surface area contributed by atoms with Crippen molar-refractivity contribution in [3.8, 4) is 0 Å². The van der Waals surface area contributed by atoms with E-state index in [9.17, 15) is 19.5 Å². The smallest absolute Gasteiger partial charge is 0.303 e. The standard InChI is InChI=1S/C12H19NO7/c1-6(14)13-9-4-11(17)20-10(5-18-7(2)15)12(9)19-8(3)16/h9-12,17H,4-5H2,1-3H3,(H,13,14)/t9-,10+,11+,12+/m0/s1. The molecule has 1 aliphatic heterocycles. The van der Waals surface area contributed by atoms with Crippen LogP contribution < -0.4 is 5.32 Å². The fourth-order valence-electron chi connectivity index (χ4n) is 2.03. The van der Waals surface area contributed by atoms with Gasteiger partial charge in [0.1, 0.15) is 12.7 Å². The number of carbonyl (C=O) groups excluding carboxylic acids is 3. The van der Waals surface area contributed by atoms with Gasteiger partial charge in [-0.25, -0.2) is 0 Å². The third-order valence-corrected chi connectivity index (χ3v) is 2.69. The first kappa shape index (κ1) is 16.4. The van der Waals surface area contributed by atoms with Gasteiger partial charge < -0.3 is 24.6 Å². The summed E-state index contributed by atoms with van der Waals surface area (Å²) >= 11 is 0. The highest BCUT2D eigenvalue weighted by Gasteiger charge is 2.41. The van der Waals surface area contributed by atoms with Gasteiger partial charge in [-0.15, -0.1) is 0 Å². The number of rotatable bonds is 4. The minimum absolute atomic E-state index is 0.0775. The van der Waals surface area contributed by atoms with Gasteiger partial charge in [-0.1, -0.05) is 0 Å². The molecule has 1 amide bonds. The van der Waals surface area contributed by atoms with E-state index in [-0.39, 0.29) is 18.9 Å². The SMILES string of the molecule is CC(=O)N[C@H]1C[C@H](O)O[C@H](COC(C)=O)[C@@H]1OC(C)=O. The molecule has 0 aliphatic carbocycles. The van der Waals surface area contributed by atoms with E-state index in [0.29, 0.717) is 0 Å². The summed E-state index contributed by atoms with van der Waals surface area (Å²) in [5.74, 6) is -1.41. The minimum Gasteiger partial charge on any atom is -0.463 e. The van der Waals surface area contributed by atoms with E-state index >= 15 is 0 Å². The molecule has 0 saturated carbocycles. The highest BCUT2D eigenvalue weighted by Crippen LogP contribution is 2.22. The summed E-state index contributed by atoms with van der Waals surface area (Å²) in [5, 5.41) is 12.2. The second-order valence-corrected chi connectivity index (χ2v) is 4.55. The van der Waals surface area contributed by atoms with Crippen LogP contribution >= 0.6 is 0 Å². The maximum Gasteiger partial charge on any atom is 0.303 e. The van der Waals surface area contributed by atoms with Crippen molar-refractivity contribution in [1.82, 2.24) is 5.32 Å². The Morgan fingerprint density at radius 1 is 1.25 bits per heavy atom. The Labute approximate surface area is 116 Å². The normalized spacial score (nSPS) is 29.4. The Hall–Kier alpha value is -1.67. The fourth-order valence-corrected chi connectivity index (χ4v) is 2.03. The zero-order chi connectivity index (χ0) is 15.3. The number of amides is 1. The lowest BCUT2D eigenvalue weighted by Gasteiger charge is -2.39. The maximum absolute atomic E-state index is 11.2. The van der Waals surface area contributed by atoms with Crippen molar-refractivity contribution in [2.75, 3.05) is 6.61 Å². The second-order valence-electron chi connectivity index (χ2n) is 4.55. The third-order valence-electron chi connectivity index (χ3n) is 2.69. The van der Waals surface area contributed by atoms with Gasteiger partial charge in [0.2, 0.25) is 5.91 Å². The summed E-state index contributed by atoms with van der Waals surface area (Å²) in [6, 6.07) is -0.610. The van der Waals surface area contributed by atoms with E-state index in [2.05, 4.69) is 5.32 Å². The van der Waals surface area contributed by atoms with E-state index in [4.69, 9.17) is 14.2 Å². The van der Waals surface area contributed by atoms with Crippen LogP contribution in [0.15, 0.2) is 0 Å². The first-order valence-electron chi connectivity index (χ1n) is 6.20. The molecule has 1 saturated heterocycles. The van der Waals surface area contributed by atoms with E-state index < -0.39 is 36.5 Å². The molecule has 114 valence electrons. The summed E-state index contributed by atoms with van der Waals surface area (Å²) in [6.45, 7) is 3.58. The number of ether oxygens (including phenoxy) is 3. The molecule has 20 heavy (non-hydrogen) atoms. The summed E-state index contributed by atoms with van der Waals surface area (Å²) in [7, 11) is 0. The van der Waals surface area contributed by atoms with Crippen molar-refractivity contribution in [3.05, 3.63) is 0 Å². The Morgan fingerprint density at radius 3 is 2.40 bits per heavy atom. The van der Waals surface area contributed by atoms with Crippen molar-refractivity contribution in [2.24, 2.45) is 0 Å². The van der Waals surface area contributed by atoms with E-state index in [1.54, 1.807) is 0 Å². The monoisotopic (exact) mass is 289 g/mol. The van der Waals surface area contributed by atoms with Gasteiger partial charge in [-0.3, -0.25) is 14.4 Å². The van der Waals surface area contributed by atoms with Gasteiger partial charge in [0, 0.05) is 27.2 Å². The average Bonchev–Trinajstić information content (AvgIpc) is 2.28. The lowest BCUT2D eigenvalue weighted by molar-refractivity contribution is -0.228. The molecule has 1 aliphatic rings. The highest BCUT2D eigenvalue weighted by molar-refractivity contribution is 5.73. The number of carbonyl (C=O) groups is 3. The van der Waals surface area contributed by atoms with Crippen LogP contribution in [0.3, 0.4) is 0 Å². The van der Waals surface area contributed by atoms with E-state index in [1.807, 2.05) is 0 Å². The molecule has 0 aromatic heterocycles. The molecule has 4 atom stereocenters. The summed E-state index contributed by atoms with van der Waals surface area (Å²) in [4.78, 5) is 33.1. The highest BCUT2D eigenvalue weighted by atomic mass is 16.6. The molecule has 0 aromatic rings. The lowest BCUT2D eigenvalue weighted by atomic mass is 9.98. The Kier molecular flexibility index (Phi) is 5.90. The van der Waals surface area contributed by atoms with Gasteiger partial charge in [-0.2, -0.15) is 0 Å². The summed E-state index contributed by atoms with van der Waals surface area (Å²) in [5.41, 5.74) is 0. The third kappa shape index (κ3) is 5.14. The van der Waals surface area contributed by atoms with Crippen molar-refractivity contribution < 1.29 is 33.7 Å². The molecule has 8 heteroatoms. The predicted molar refractivity (Wildman–Crippen MR) is 65.3 cm³/mol. The Bertz CT molecular complexity index is 384. The van der Waals surface area contributed by atoms with Crippen LogP contribution in [0.2, 0.25) is 0 Å². The quantitative estimate of drug-likeness (QED) is 0.645. The number of hydrogen-bond donors (Lipinski definition) is 2. The van der Waals surface area contributed by atoms with Crippen LogP contribution in [0, 0.1) is 0 Å². The van der Waals surface area contributed by atoms with E-state index in [0.717, 1.165) is 0 Å². The average molecular weight is 289 g/mol. The second kappa shape index (κ2) is 7.20. The Morgan fingerprint density at radius 2 is 1.90 bits per heavy atom. The molecule has 0 bridgehead atoms. The Balaban J connectivity index is 2.82. The summed E-state index contributed by atoms with van der Waals surface area (Å²) in [6.07, 6.45) is -2.74. The number of aliphatic hydroxyl groups is 1. The first-order chi connectivity index (χ1) is 9.29. The fraction of sp³-hybridized carbons (Fsp3) is 0.750. The van der Waals surface area contributed by atoms with E-state index in [1.165, 1.54) is 20.8 Å². The van der Waals surface area contributed by atoms with Crippen LogP contribution in [0.1, 0.15) is 27.2 Å². The molecule has 8 nitrogen and oxygen atoms in total. The van der Waals surface area contributed by atoms with Crippen LogP contribution in [-0.2, 0) is 28.6 Å². The van der Waals surface area contributed by atoms with Crippen LogP contribution in [0.5, 0.6) is 0 Å². The van der Waals surface area contributed by atoms with Crippen LogP contribution in [0.4, 0.5) is 0 Å². The summed E-state index contributed by atoms with van der Waals surface area (Å²) < 4.78 is 15.1. The molecular weight excluding hydrogens is 270 g/mol. The number of aliphatic hydroxyl groups excluding tert-OH is 1. The van der Waals surface area contributed by atoms with Crippen molar-refractivity contribution in [3.63, 3.8) is 0 Å². The molecule has 1 heterocycles. The van der Waals surface area contributed by atoms with Crippen LogP contribution in [-0.4, -0.2) is 54.1 Å². The van der Waals surface area contributed by atoms with Crippen LogP contribution in [0.25, 0.3) is 0 Å². The molecule has 1 fully saturated rings. The van der Waals surface area contributed by atoms with Crippen molar-refractivity contribution >= 4 is 17.8 Å². The molecule has 0 radical (unpaired) electrons. The molecule has 0 aromatic carbocycles. The topological polar surface area (TPSA) is 111 Å². The minimum atomic E-state index is -1.14. The lowest BCUT2D eigenvalue weighted by Crippen LogP contribution is -2.58. The molecule has 0 spiro atoms. The van der Waals surface area contributed by atoms with Gasteiger partial charge in [0.25, 0.3) is 0 Å². The molecule has 2 N–H and O–H groups in total. The number of esters is 2.